The van der Waals surface area contributed by atoms with Crippen molar-refractivity contribution in [2.75, 3.05) is 12.3 Å². The molecule has 1 N–H and O–H groups in total. The molecule has 2 rings (SSSR count). The van der Waals surface area contributed by atoms with E-state index in [0.29, 0.717) is 4.90 Å². The van der Waals surface area contributed by atoms with E-state index in [9.17, 15) is 8.42 Å². The van der Waals surface area contributed by atoms with Crippen LogP contribution in [-0.4, -0.2) is 26.8 Å². The van der Waals surface area contributed by atoms with Crippen molar-refractivity contribution in [2.45, 2.75) is 37.6 Å². The zero-order chi connectivity index (χ0) is 12.5. The third-order valence-corrected chi connectivity index (χ3v) is 5.21. The van der Waals surface area contributed by atoms with E-state index in [-0.39, 0.29) is 11.8 Å². The van der Waals surface area contributed by atoms with Crippen molar-refractivity contribution in [3.8, 4) is 0 Å². The van der Waals surface area contributed by atoms with Crippen molar-refractivity contribution in [3.05, 3.63) is 29.3 Å². The number of aryl methyl sites for hydroxylation is 2. The second-order valence-electron chi connectivity index (χ2n) is 4.84. The number of hydrogen-bond acceptors (Lipinski definition) is 3. The van der Waals surface area contributed by atoms with Gasteiger partial charge in [0.25, 0.3) is 0 Å². The average molecular weight is 253 g/mol. The molecule has 0 bridgehead atoms. The zero-order valence-electron chi connectivity index (χ0n) is 10.4. The molecule has 94 valence electrons. The molecule has 17 heavy (non-hydrogen) atoms. The first kappa shape index (κ1) is 12.6. The van der Waals surface area contributed by atoms with Crippen molar-refractivity contribution in [1.82, 2.24) is 5.32 Å². The molecule has 1 heterocycles. The topological polar surface area (TPSA) is 46.2 Å². The van der Waals surface area contributed by atoms with Crippen molar-refractivity contribution in [2.24, 2.45) is 0 Å². The van der Waals surface area contributed by atoms with Crippen LogP contribution in [-0.2, 0) is 9.84 Å². The van der Waals surface area contributed by atoms with Crippen LogP contribution in [0.25, 0.3) is 0 Å². The van der Waals surface area contributed by atoms with E-state index in [1.165, 1.54) is 0 Å². The van der Waals surface area contributed by atoms with Crippen LogP contribution in [0, 0.1) is 13.8 Å². The van der Waals surface area contributed by atoms with Gasteiger partial charge < -0.3 is 5.32 Å². The van der Waals surface area contributed by atoms with Crippen LogP contribution in [0.1, 0.15) is 24.0 Å². The average Bonchev–Trinajstić information content (AvgIpc) is 2.73. The molecular formula is C13H19NO2S. The Balaban J connectivity index is 2.27. The van der Waals surface area contributed by atoms with Crippen LogP contribution in [0.5, 0.6) is 0 Å². The normalized spacial score (nSPS) is 20.7. The van der Waals surface area contributed by atoms with E-state index in [1.54, 1.807) is 6.07 Å². The van der Waals surface area contributed by atoms with E-state index in [4.69, 9.17) is 0 Å². The number of hydrogen-bond donors (Lipinski definition) is 1. The molecule has 1 aliphatic rings. The van der Waals surface area contributed by atoms with Gasteiger partial charge in [0.15, 0.2) is 9.84 Å². The summed E-state index contributed by atoms with van der Waals surface area (Å²) in [6.07, 6.45) is 2.04. The molecule has 1 fully saturated rings. The fraction of sp³-hybridized carbons (Fsp3) is 0.538. The molecular weight excluding hydrogens is 234 g/mol. The molecule has 0 spiro atoms. The molecule has 1 aromatic rings. The Morgan fingerprint density at radius 3 is 2.76 bits per heavy atom. The maximum Gasteiger partial charge on any atom is 0.180 e. The van der Waals surface area contributed by atoms with E-state index < -0.39 is 9.84 Å². The standard InChI is InChI=1S/C13H19NO2S/c1-10-5-6-11(2)13(8-10)17(15,16)9-12-4-3-7-14-12/h5-6,8,12,14H,3-4,7,9H2,1-2H3/t12-/m0/s1. The highest BCUT2D eigenvalue weighted by molar-refractivity contribution is 7.91. The summed E-state index contributed by atoms with van der Waals surface area (Å²) in [7, 11) is -3.16. The van der Waals surface area contributed by atoms with Gasteiger partial charge in [0.2, 0.25) is 0 Å². The van der Waals surface area contributed by atoms with E-state index in [2.05, 4.69) is 5.32 Å². The van der Waals surface area contributed by atoms with Crippen LogP contribution in [0.3, 0.4) is 0 Å². The number of benzene rings is 1. The zero-order valence-corrected chi connectivity index (χ0v) is 11.2. The summed E-state index contributed by atoms with van der Waals surface area (Å²) in [5.41, 5.74) is 1.84. The lowest BCUT2D eigenvalue weighted by Crippen LogP contribution is -2.30. The maximum atomic E-state index is 12.3. The van der Waals surface area contributed by atoms with Crippen LogP contribution in [0.4, 0.5) is 0 Å². The first-order valence-electron chi connectivity index (χ1n) is 6.02. The first-order chi connectivity index (χ1) is 7.99. The minimum atomic E-state index is -3.16. The largest absolute Gasteiger partial charge is 0.313 e. The second-order valence-corrected chi connectivity index (χ2v) is 6.85. The van der Waals surface area contributed by atoms with Gasteiger partial charge in [-0.15, -0.1) is 0 Å². The van der Waals surface area contributed by atoms with E-state index in [1.807, 2.05) is 26.0 Å². The van der Waals surface area contributed by atoms with E-state index >= 15 is 0 Å². The van der Waals surface area contributed by atoms with Gasteiger partial charge in [-0.1, -0.05) is 12.1 Å². The van der Waals surface area contributed by atoms with Gasteiger partial charge in [-0.2, -0.15) is 0 Å². The molecule has 0 aliphatic carbocycles. The summed E-state index contributed by atoms with van der Waals surface area (Å²) in [5, 5.41) is 3.24. The lowest BCUT2D eigenvalue weighted by Gasteiger charge is -2.13. The van der Waals surface area contributed by atoms with Gasteiger partial charge in [0.1, 0.15) is 0 Å². The van der Waals surface area contributed by atoms with Gasteiger partial charge in [-0.05, 0) is 50.4 Å². The second kappa shape index (κ2) is 4.78. The molecule has 0 unspecified atom stereocenters. The van der Waals surface area contributed by atoms with Crippen molar-refractivity contribution >= 4 is 9.84 Å². The molecule has 3 nitrogen and oxygen atoms in total. The van der Waals surface area contributed by atoms with Gasteiger partial charge >= 0.3 is 0 Å². The van der Waals surface area contributed by atoms with Crippen molar-refractivity contribution in [1.29, 1.82) is 0 Å². The number of nitrogens with one attached hydrogen (secondary N) is 1. The SMILES string of the molecule is Cc1ccc(C)c(S(=O)(=O)C[C@@H]2CCCN2)c1. The highest BCUT2D eigenvalue weighted by atomic mass is 32.2. The minimum Gasteiger partial charge on any atom is -0.313 e. The van der Waals surface area contributed by atoms with Gasteiger partial charge in [0, 0.05) is 6.04 Å². The van der Waals surface area contributed by atoms with Gasteiger partial charge in [-0.25, -0.2) is 8.42 Å². The first-order valence-corrected chi connectivity index (χ1v) is 7.68. The Kier molecular flexibility index (Phi) is 3.54. The number of sulfone groups is 1. The van der Waals surface area contributed by atoms with Crippen molar-refractivity contribution < 1.29 is 8.42 Å². The third kappa shape index (κ3) is 2.87. The Hall–Kier alpha value is -0.870. The fourth-order valence-electron chi connectivity index (χ4n) is 2.30. The molecule has 1 aromatic carbocycles. The molecule has 4 heteroatoms. The summed E-state index contributed by atoms with van der Waals surface area (Å²) < 4.78 is 24.6. The number of rotatable bonds is 3. The monoisotopic (exact) mass is 253 g/mol. The van der Waals surface area contributed by atoms with Crippen LogP contribution >= 0.6 is 0 Å². The molecule has 0 amide bonds. The Bertz CT molecular complexity index is 502. The minimum absolute atomic E-state index is 0.125. The van der Waals surface area contributed by atoms with Gasteiger partial charge in [0.05, 0.1) is 10.6 Å². The van der Waals surface area contributed by atoms with Crippen LogP contribution in [0.2, 0.25) is 0 Å². The van der Waals surface area contributed by atoms with Crippen LogP contribution in [0.15, 0.2) is 23.1 Å². The Morgan fingerprint density at radius 1 is 1.35 bits per heavy atom. The maximum absolute atomic E-state index is 12.3. The third-order valence-electron chi connectivity index (χ3n) is 3.26. The quantitative estimate of drug-likeness (QED) is 0.894. The molecule has 0 aromatic heterocycles. The van der Waals surface area contributed by atoms with Gasteiger partial charge in [-0.3, -0.25) is 0 Å². The summed E-state index contributed by atoms with van der Waals surface area (Å²) in [6, 6.07) is 5.73. The van der Waals surface area contributed by atoms with Crippen LogP contribution < -0.4 is 5.32 Å². The lowest BCUT2D eigenvalue weighted by atomic mass is 10.2. The molecule has 1 atom stereocenters. The molecule has 0 saturated carbocycles. The predicted molar refractivity (Wildman–Crippen MR) is 69.0 cm³/mol. The predicted octanol–water partition coefficient (Wildman–Crippen LogP) is 1.83. The molecule has 0 radical (unpaired) electrons. The summed E-state index contributed by atoms with van der Waals surface area (Å²) >= 11 is 0. The highest BCUT2D eigenvalue weighted by Crippen LogP contribution is 2.20. The summed E-state index contributed by atoms with van der Waals surface area (Å²) in [5.74, 6) is 0.220. The lowest BCUT2D eigenvalue weighted by molar-refractivity contribution is 0.576. The van der Waals surface area contributed by atoms with E-state index in [0.717, 1.165) is 30.5 Å². The van der Waals surface area contributed by atoms with Crippen molar-refractivity contribution in [3.63, 3.8) is 0 Å². The highest BCUT2D eigenvalue weighted by Gasteiger charge is 2.24. The summed E-state index contributed by atoms with van der Waals surface area (Å²) in [6.45, 7) is 4.72. The smallest absolute Gasteiger partial charge is 0.180 e. The molecule has 1 aliphatic heterocycles. The Labute approximate surface area is 103 Å². The molecule has 1 saturated heterocycles. The summed E-state index contributed by atoms with van der Waals surface area (Å²) in [4.78, 5) is 0.492. The Morgan fingerprint density at radius 2 is 2.12 bits per heavy atom. The fourth-order valence-corrected chi connectivity index (χ4v) is 4.21.